The van der Waals surface area contributed by atoms with Crippen molar-refractivity contribution in [1.82, 2.24) is 5.32 Å². The first-order chi connectivity index (χ1) is 8.13. The first-order valence-corrected chi connectivity index (χ1v) is 6.76. The van der Waals surface area contributed by atoms with Crippen molar-refractivity contribution in [3.63, 3.8) is 0 Å². The zero-order valence-corrected chi connectivity index (χ0v) is 11.4. The molecule has 0 aliphatic heterocycles. The summed E-state index contributed by atoms with van der Waals surface area (Å²) in [4.78, 5) is 0. The molecule has 0 amide bonds. The van der Waals surface area contributed by atoms with Gasteiger partial charge in [-0.2, -0.15) is 0 Å². The Morgan fingerprint density at radius 3 is 2.76 bits per heavy atom. The fourth-order valence-corrected chi connectivity index (χ4v) is 2.53. The molecule has 1 aliphatic carbocycles. The molecule has 3 atom stereocenters. The number of hydrogen-bond donors (Lipinski definition) is 2. The molecule has 0 aromatic heterocycles. The van der Waals surface area contributed by atoms with Gasteiger partial charge in [0.25, 0.3) is 0 Å². The van der Waals surface area contributed by atoms with Gasteiger partial charge in [-0.3, -0.25) is 0 Å². The van der Waals surface area contributed by atoms with Crippen LogP contribution in [0, 0.1) is 11.8 Å². The monoisotopic (exact) mass is 272 g/mol. The Hall–Kier alpha value is -0.280. The number of nitrogens with two attached hydrogens (primary N) is 1. The zero-order chi connectivity index (χ0) is 12.4. The second kappa shape index (κ2) is 5.57. The molecule has 1 aromatic carbocycles. The molecular weight excluding hydrogens is 255 g/mol. The highest BCUT2D eigenvalue weighted by Gasteiger charge is 2.32. The molecule has 1 aliphatic rings. The van der Waals surface area contributed by atoms with Crippen LogP contribution >= 0.6 is 23.2 Å². The highest BCUT2D eigenvalue weighted by atomic mass is 35.5. The zero-order valence-electron chi connectivity index (χ0n) is 9.92. The summed E-state index contributed by atoms with van der Waals surface area (Å²) in [5.41, 5.74) is 6.80. The molecular formula is C13H18Cl2N2. The van der Waals surface area contributed by atoms with E-state index in [1.807, 2.05) is 12.1 Å². The minimum atomic E-state index is 0.0917. The van der Waals surface area contributed by atoms with E-state index in [9.17, 15) is 0 Å². The Labute approximate surface area is 112 Å². The molecule has 0 bridgehead atoms. The smallest absolute Gasteiger partial charge is 0.0640 e. The molecule has 0 spiro atoms. The van der Waals surface area contributed by atoms with Gasteiger partial charge in [0.1, 0.15) is 0 Å². The third-order valence-electron chi connectivity index (χ3n) is 3.50. The minimum absolute atomic E-state index is 0.0917. The van der Waals surface area contributed by atoms with E-state index >= 15 is 0 Å². The first-order valence-electron chi connectivity index (χ1n) is 6.00. The topological polar surface area (TPSA) is 38.0 Å². The average molecular weight is 273 g/mol. The number of nitrogens with one attached hydrogen (secondary N) is 1. The SMILES string of the molecule is CC1CC1CNC(CN)c1cccc(Cl)c1Cl. The minimum Gasteiger partial charge on any atom is -0.329 e. The van der Waals surface area contributed by atoms with Crippen molar-refractivity contribution in [2.45, 2.75) is 19.4 Å². The van der Waals surface area contributed by atoms with E-state index in [1.165, 1.54) is 6.42 Å². The summed E-state index contributed by atoms with van der Waals surface area (Å²) in [5.74, 6) is 1.64. The van der Waals surface area contributed by atoms with Gasteiger partial charge < -0.3 is 11.1 Å². The maximum atomic E-state index is 6.20. The van der Waals surface area contributed by atoms with Crippen LogP contribution < -0.4 is 11.1 Å². The standard InChI is InChI=1S/C13H18Cl2N2/c1-8-5-9(8)7-17-12(6-16)10-3-2-4-11(14)13(10)15/h2-4,8-9,12,17H,5-7,16H2,1H3. The third-order valence-corrected chi connectivity index (χ3v) is 4.33. The van der Waals surface area contributed by atoms with E-state index in [2.05, 4.69) is 12.2 Å². The van der Waals surface area contributed by atoms with Crippen molar-refractivity contribution < 1.29 is 0 Å². The lowest BCUT2D eigenvalue weighted by molar-refractivity contribution is 0.511. The van der Waals surface area contributed by atoms with Crippen LogP contribution in [0.4, 0.5) is 0 Å². The summed E-state index contributed by atoms with van der Waals surface area (Å²) < 4.78 is 0. The van der Waals surface area contributed by atoms with Gasteiger partial charge in [0, 0.05) is 12.6 Å². The summed E-state index contributed by atoms with van der Waals surface area (Å²) in [6, 6.07) is 5.78. The third kappa shape index (κ3) is 3.14. The Morgan fingerprint density at radius 2 is 2.18 bits per heavy atom. The molecule has 94 valence electrons. The lowest BCUT2D eigenvalue weighted by atomic mass is 10.1. The van der Waals surface area contributed by atoms with Crippen LogP contribution in [-0.4, -0.2) is 13.1 Å². The van der Waals surface area contributed by atoms with E-state index in [1.54, 1.807) is 6.07 Å². The molecule has 2 rings (SSSR count). The molecule has 0 saturated heterocycles. The highest BCUT2D eigenvalue weighted by molar-refractivity contribution is 6.42. The van der Waals surface area contributed by atoms with Gasteiger partial charge in [-0.25, -0.2) is 0 Å². The molecule has 1 aromatic rings. The molecule has 3 N–H and O–H groups in total. The molecule has 3 unspecified atom stereocenters. The van der Waals surface area contributed by atoms with E-state index in [4.69, 9.17) is 28.9 Å². The highest BCUT2D eigenvalue weighted by Crippen LogP contribution is 2.37. The lowest BCUT2D eigenvalue weighted by Crippen LogP contribution is -2.30. The summed E-state index contributed by atoms with van der Waals surface area (Å²) >= 11 is 12.2. The van der Waals surface area contributed by atoms with Crippen molar-refractivity contribution >= 4 is 23.2 Å². The largest absolute Gasteiger partial charge is 0.329 e. The van der Waals surface area contributed by atoms with Gasteiger partial charge in [-0.1, -0.05) is 42.3 Å². The first kappa shape index (κ1) is 13.2. The van der Waals surface area contributed by atoms with Crippen LogP contribution in [0.25, 0.3) is 0 Å². The Bertz CT molecular complexity index is 395. The quantitative estimate of drug-likeness (QED) is 0.864. The predicted molar refractivity (Wildman–Crippen MR) is 73.5 cm³/mol. The molecule has 17 heavy (non-hydrogen) atoms. The average Bonchev–Trinajstić information content (AvgIpc) is 3.01. The van der Waals surface area contributed by atoms with Gasteiger partial charge in [-0.15, -0.1) is 0 Å². The molecule has 0 heterocycles. The van der Waals surface area contributed by atoms with Crippen molar-refractivity contribution in [1.29, 1.82) is 0 Å². The predicted octanol–water partition coefficient (Wildman–Crippen LogP) is 3.24. The maximum Gasteiger partial charge on any atom is 0.0640 e. The molecule has 1 saturated carbocycles. The maximum absolute atomic E-state index is 6.20. The summed E-state index contributed by atoms with van der Waals surface area (Å²) in [5, 5.41) is 4.68. The Morgan fingerprint density at radius 1 is 1.47 bits per heavy atom. The van der Waals surface area contributed by atoms with E-state index in [0.29, 0.717) is 16.6 Å². The fourth-order valence-electron chi connectivity index (χ4n) is 2.09. The van der Waals surface area contributed by atoms with E-state index in [0.717, 1.165) is 23.9 Å². The second-order valence-electron chi connectivity index (χ2n) is 4.81. The summed E-state index contributed by atoms with van der Waals surface area (Å²) in [6.07, 6.45) is 1.31. The van der Waals surface area contributed by atoms with Gasteiger partial charge in [0.15, 0.2) is 0 Å². The number of halogens is 2. The number of benzene rings is 1. The van der Waals surface area contributed by atoms with Gasteiger partial charge in [0.2, 0.25) is 0 Å². The van der Waals surface area contributed by atoms with Crippen molar-refractivity contribution in [2.75, 3.05) is 13.1 Å². The van der Waals surface area contributed by atoms with Crippen LogP contribution in [0.3, 0.4) is 0 Å². The summed E-state index contributed by atoms with van der Waals surface area (Å²) in [6.45, 7) is 3.81. The van der Waals surface area contributed by atoms with Gasteiger partial charge in [0.05, 0.1) is 10.0 Å². The van der Waals surface area contributed by atoms with Crippen LogP contribution in [0.1, 0.15) is 24.9 Å². The molecule has 2 nitrogen and oxygen atoms in total. The van der Waals surface area contributed by atoms with Crippen molar-refractivity contribution in [2.24, 2.45) is 17.6 Å². The number of hydrogen-bond acceptors (Lipinski definition) is 2. The molecule has 4 heteroatoms. The summed E-state index contributed by atoms with van der Waals surface area (Å²) in [7, 11) is 0. The van der Waals surface area contributed by atoms with Crippen molar-refractivity contribution in [3.05, 3.63) is 33.8 Å². The fraction of sp³-hybridized carbons (Fsp3) is 0.538. The van der Waals surface area contributed by atoms with Crippen LogP contribution in [0.2, 0.25) is 10.0 Å². The molecule has 1 fully saturated rings. The lowest BCUT2D eigenvalue weighted by Gasteiger charge is -2.19. The van der Waals surface area contributed by atoms with E-state index < -0.39 is 0 Å². The normalized spacial score (nSPS) is 24.7. The van der Waals surface area contributed by atoms with Gasteiger partial charge in [-0.05, 0) is 36.4 Å². The van der Waals surface area contributed by atoms with E-state index in [-0.39, 0.29) is 6.04 Å². The molecule has 0 radical (unpaired) electrons. The number of rotatable bonds is 5. The Balaban J connectivity index is 2.03. The van der Waals surface area contributed by atoms with Crippen LogP contribution in [0.5, 0.6) is 0 Å². The van der Waals surface area contributed by atoms with Crippen LogP contribution in [0.15, 0.2) is 18.2 Å². The Kier molecular flexibility index (Phi) is 4.31. The van der Waals surface area contributed by atoms with Gasteiger partial charge >= 0.3 is 0 Å². The second-order valence-corrected chi connectivity index (χ2v) is 5.60. The van der Waals surface area contributed by atoms with Crippen LogP contribution in [-0.2, 0) is 0 Å². The van der Waals surface area contributed by atoms with Crippen molar-refractivity contribution in [3.8, 4) is 0 Å².